The quantitative estimate of drug-likeness (QED) is 0.711. The van der Waals surface area contributed by atoms with Crippen LogP contribution in [0.2, 0.25) is 0 Å². The molecule has 5 nitrogen and oxygen atoms in total. The minimum absolute atomic E-state index is 0.148. The number of nitrogens with zero attached hydrogens (tertiary/aromatic N) is 2. The monoisotopic (exact) mass is 195 g/mol. The first kappa shape index (κ1) is 9.05. The van der Waals surface area contributed by atoms with E-state index in [1.807, 2.05) is 10.8 Å². The van der Waals surface area contributed by atoms with Gasteiger partial charge in [0.15, 0.2) is 0 Å². The Morgan fingerprint density at radius 1 is 1.64 bits per heavy atom. The molecule has 0 saturated carbocycles. The van der Waals surface area contributed by atoms with Crippen LogP contribution in [0.3, 0.4) is 0 Å². The highest BCUT2D eigenvalue weighted by molar-refractivity contribution is 5.65. The van der Waals surface area contributed by atoms with Crippen LogP contribution in [0.1, 0.15) is 31.1 Å². The van der Waals surface area contributed by atoms with Crippen molar-refractivity contribution in [1.82, 2.24) is 14.9 Å². The topological polar surface area (TPSA) is 67.2 Å². The molecule has 0 saturated heterocycles. The second-order valence-corrected chi connectivity index (χ2v) is 3.48. The predicted molar refractivity (Wildman–Crippen MR) is 50.0 cm³/mol. The number of imidazole rings is 1. The number of carbonyl (C=O) groups is 1. The molecule has 1 aromatic heterocycles. The van der Waals surface area contributed by atoms with Crippen LogP contribution < -0.4 is 5.32 Å². The average Bonchev–Trinajstić information content (AvgIpc) is 2.51. The summed E-state index contributed by atoms with van der Waals surface area (Å²) in [5.74, 6) is 0.838. The number of carboxylic acid groups (broad SMARTS) is 1. The largest absolute Gasteiger partial charge is 0.465 e. The van der Waals surface area contributed by atoms with Crippen molar-refractivity contribution in [2.75, 3.05) is 0 Å². The second-order valence-electron chi connectivity index (χ2n) is 3.48. The van der Waals surface area contributed by atoms with Gasteiger partial charge in [0.2, 0.25) is 0 Å². The summed E-state index contributed by atoms with van der Waals surface area (Å²) in [5.41, 5.74) is 0. The van der Waals surface area contributed by atoms with Crippen LogP contribution in [0, 0.1) is 0 Å². The Kier molecular flexibility index (Phi) is 2.39. The van der Waals surface area contributed by atoms with E-state index >= 15 is 0 Å². The Hall–Kier alpha value is -1.52. The van der Waals surface area contributed by atoms with Gasteiger partial charge in [-0.15, -0.1) is 0 Å². The van der Waals surface area contributed by atoms with Gasteiger partial charge in [-0.3, -0.25) is 0 Å². The first-order valence-electron chi connectivity index (χ1n) is 4.78. The van der Waals surface area contributed by atoms with Crippen molar-refractivity contribution < 1.29 is 9.90 Å². The SMILES string of the molecule is O=C(O)NC1CCCCn2ccnc21. The molecular formula is C9H13N3O2. The highest BCUT2D eigenvalue weighted by Gasteiger charge is 2.20. The third kappa shape index (κ3) is 1.71. The van der Waals surface area contributed by atoms with Crippen molar-refractivity contribution >= 4 is 6.09 Å². The molecule has 1 amide bonds. The molecule has 1 aliphatic rings. The Balaban J connectivity index is 2.21. The predicted octanol–water partition coefficient (Wildman–Crippen LogP) is 1.38. The smallest absolute Gasteiger partial charge is 0.405 e. The number of hydrogen-bond donors (Lipinski definition) is 2. The van der Waals surface area contributed by atoms with E-state index in [-0.39, 0.29) is 6.04 Å². The number of aromatic nitrogens is 2. The molecule has 0 fully saturated rings. The molecule has 0 bridgehead atoms. The van der Waals surface area contributed by atoms with Gasteiger partial charge >= 0.3 is 6.09 Å². The Morgan fingerprint density at radius 3 is 3.29 bits per heavy atom. The van der Waals surface area contributed by atoms with E-state index < -0.39 is 6.09 Å². The maximum Gasteiger partial charge on any atom is 0.405 e. The fraction of sp³-hybridized carbons (Fsp3) is 0.556. The third-order valence-electron chi connectivity index (χ3n) is 2.50. The molecular weight excluding hydrogens is 182 g/mol. The molecule has 1 unspecified atom stereocenters. The number of amides is 1. The lowest BCUT2D eigenvalue weighted by Gasteiger charge is -2.13. The van der Waals surface area contributed by atoms with E-state index in [2.05, 4.69) is 10.3 Å². The summed E-state index contributed by atoms with van der Waals surface area (Å²) in [7, 11) is 0. The molecule has 76 valence electrons. The third-order valence-corrected chi connectivity index (χ3v) is 2.50. The van der Waals surface area contributed by atoms with Crippen LogP contribution in [-0.2, 0) is 6.54 Å². The summed E-state index contributed by atoms with van der Waals surface area (Å²) in [5, 5.41) is 11.2. The van der Waals surface area contributed by atoms with Gasteiger partial charge < -0.3 is 15.0 Å². The van der Waals surface area contributed by atoms with Crippen molar-refractivity contribution in [1.29, 1.82) is 0 Å². The van der Waals surface area contributed by atoms with Gasteiger partial charge in [-0.05, 0) is 19.3 Å². The minimum Gasteiger partial charge on any atom is -0.465 e. The van der Waals surface area contributed by atoms with Crippen LogP contribution in [0.4, 0.5) is 4.79 Å². The molecule has 5 heteroatoms. The summed E-state index contributed by atoms with van der Waals surface area (Å²) in [6, 6.07) is -0.148. The summed E-state index contributed by atoms with van der Waals surface area (Å²) in [6.45, 7) is 0.938. The summed E-state index contributed by atoms with van der Waals surface area (Å²) < 4.78 is 2.02. The van der Waals surface area contributed by atoms with Gasteiger partial charge in [0.25, 0.3) is 0 Å². The molecule has 2 N–H and O–H groups in total. The van der Waals surface area contributed by atoms with Crippen molar-refractivity contribution in [2.45, 2.75) is 31.8 Å². The summed E-state index contributed by atoms with van der Waals surface area (Å²) in [6.07, 6.45) is 5.60. The van der Waals surface area contributed by atoms with Crippen molar-refractivity contribution in [2.24, 2.45) is 0 Å². The number of rotatable bonds is 1. The lowest BCUT2D eigenvalue weighted by atomic mass is 10.1. The van der Waals surface area contributed by atoms with Gasteiger partial charge in [0.1, 0.15) is 5.82 Å². The van der Waals surface area contributed by atoms with Crippen molar-refractivity contribution in [3.63, 3.8) is 0 Å². The number of aryl methyl sites for hydroxylation is 1. The zero-order valence-corrected chi connectivity index (χ0v) is 7.81. The van der Waals surface area contributed by atoms with Crippen LogP contribution in [-0.4, -0.2) is 20.8 Å². The highest BCUT2D eigenvalue weighted by Crippen LogP contribution is 2.22. The van der Waals surface area contributed by atoms with Crippen LogP contribution in [0.5, 0.6) is 0 Å². The molecule has 0 radical (unpaired) electrons. The number of fused-ring (bicyclic) bond motifs is 1. The fourth-order valence-corrected chi connectivity index (χ4v) is 1.87. The first-order chi connectivity index (χ1) is 6.77. The summed E-state index contributed by atoms with van der Waals surface area (Å²) in [4.78, 5) is 14.8. The normalized spacial score (nSPS) is 21.0. The number of nitrogens with one attached hydrogen (secondary N) is 1. The van der Waals surface area contributed by atoms with E-state index in [1.165, 1.54) is 0 Å². The molecule has 0 aromatic carbocycles. The van der Waals surface area contributed by atoms with Gasteiger partial charge in [0, 0.05) is 18.9 Å². The molecule has 1 aromatic rings. The zero-order valence-electron chi connectivity index (χ0n) is 7.81. The minimum atomic E-state index is -0.980. The standard InChI is InChI=1S/C9H13N3O2/c13-9(14)11-7-3-1-2-5-12-6-4-10-8(7)12/h4,6-7,11H,1-3,5H2,(H,13,14). The van der Waals surface area contributed by atoms with Crippen LogP contribution in [0.25, 0.3) is 0 Å². The Bertz CT molecular complexity index is 335. The van der Waals surface area contributed by atoms with Crippen molar-refractivity contribution in [3.8, 4) is 0 Å². The molecule has 14 heavy (non-hydrogen) atoms. The van der Waals surface area contributed by atoms with Crippen LogP contribution in [0.15, 0.2) is 12.4 Å². The fourth-order valence-electron chi connectivity index (χ4n) is 1.87. The van der Waals surface area contributed by atoms with Gasteiger partial charge in [0.05, 0.1) is 6.04 Å². The van der Waals surface area contributed by atoms with E-state index in [0.717, 1.165) is 31.6 Å². The maximum atomic E-state index is 10.6. The van der Waals surface area contributed by atoms with E-state index in [1.54, 1.807) is 6.20 Å². The highest BCUT2D eigenvalue weighted by atomic mass is 16.4. The van der Waals surface area contributed by atoms with Crippen molar-refractivity contribution in [3.05, 3.63) is 18.2 Å². The number of hydrogen-bond acceptors (Lipinski definition) is 2. The van der Waals surface area contributed by atoms with Crippen LogP contribution >= 0.6 is 0 Å². The first-order valence-corrected chi connectivity index (χ1v) is 4.78. The Morgan fingerprint density at radius 2 is 2.50 bits per heavy atom. The average molecular weight is 195 g/mol. The second kappa shape index (κ2) is 3.69. The van der Waals surface area contributed by atoms with E-state index in [0.29, 0.717) is 0 Å². The van der Waals surface area contributed by atoms with Gasteiger partial charge in [-0.25, -0.2) is 9.78 Å². The summed E-state index contributed by atoms with van der Waals surface area (Å²) >= 11 is 0. The molecule has 2 heterocycles. The zero-order chi connectivity index (χ0) is 9.97. The molecule has 2 rings (SSSR count). The molecule has 0 spiro atoms. The lowest BCUT2D eigenvalue weighted by molar-refractivity contribution is 0.188. The van der Waals surface area contributed by atoms with E-state index in [9.17, 15) is 4.79 Å². The molecule has 0 aliphatic carbocycles. The maximum absolute atomic E-state index is 10.6. The molecule has 1 aliphatic heterocycles. The van der Waals surface area contributed by atoms with Gasteiger partial charge in [-0.2, -0.15) is 0 Å². The lowest BCUT2D eigenvalue weighted by Crippen LogP contribution is -2.28. The Labute approximate surface area is 81.8 Å². The van der Waals surface area contributed by atoms with E-state index in [4.69, 9.17) is 5.11 Å². The van der Waals surface area contributed by atoms with Gasteiger partial charge in [-0.1, -0.05) is 0 Å². The molecule has 1 atom stereocenters.